The molecule has 1 saturated heterocycles. The fourth-order valence-corrected chi connectivity index (χ4v) is 2.95. The van der Waals surface area contributed by atoms with Crippen molar-refractivity contribution >= 4 is 6.03 Å². The summed E-state index contributed by atoms with van der Waals surface area (Å²) in [4.78, 5) is 18.6. The number of benzene rings is 1. The van der Waals surface area contributed by atoms with Gasteiger partial charge in [0.05, 0.1) is 18.8 Å². The van der Waals surface area contributed by atoms with Crippen molar-refractivity contribution < 1.29 is 14.1 Å². The van der Waals surface area contributed by atoms with Gasteiger partial charge in [0, 0.05) is 26.4 Å². The van der Waals surface area contributed by atoms with Gasteiger partial charge in [-0.3, -0.25) is 0 Å². The predicted octanol–water partition coefficient (Wildman–Crippen LogP) is 2.48. The Balaban J connectivity index is 1.57. The summed E-state index contributed by atoms with van der Waals surface area (Å²) in [6.45, 7) is 5.42. The third kappa shape index (κ3) is 4.57. The normalized spacial score (nSPS) is 18.8. The molecular formula is C18H24N4O3. The van der Waals surface area contributed by atoms with Crippen LogP contribution in [0, 0.1) is 6.92 Å². The highest BCUT2D eigenvalue weighted by molar-refractivity contribution is 5.74. The van der Waals surface area contributed by atoms with E-state index in [0.717, 1.165) is 6.42 Å². The van der Waals surface area contributed by atoms with Crippen molar-refractivity contribution in [3.63, 3.8) is 0 Å². The zero-order valence-electron chi connectivity index (χ0n) is 14.6. The molecule has 0 radical (unpaired) electrons. The Morgan fingerprint density at radius 3 is 2.88 bits per heavy atom. The Morgan fingerprint density at radius 2 is 2.20 bits per heavy atom. The van der Waals surface area contributed by atoms with Crippen LogP contribution in [0.25, 0.3) is 0 Å². The minimum atomic E-state index is -0.250. The number of morpholine rings is 1. The maximum atomic E-state index is 12.6. The van der Waals surface area contributed by atoms with E-state index in [1.807, 2.05) is 25.1 Å². The number of carbonyl (C=O) groups excluding carboxylic acids is 1. The van der Waals surface area contributed by atoms with E-state index in [9.17, 15) is 4.79 Å². The van der Waals surface area contributed by atoms with Gasteiger partial charge in [-0.05, 0) is 12.0 Å². The Kier molecular flexibility index (Phi) is 5.65. The van der Waals surface area contributed by atoms with Crippen LogP contribution in [0.15, 0.2) is 34.9 Å². The molecular weight excluding hydrogens is 320 g/mol. The number of hydrogen-bond donors (Lipinski definition) is 1. The second kappa shape index (κ2) is 8.11. The monoisotopic (exact) mass is 344 g/mol. The second-order valence-electron chi connectivity index (χ2n) is 6.21. The van der Waals surface area contributed by atoms with Gasteiger partial charge in [0.2, 0.25) is 5.89 Å². The molecule has 7 heteroatoms. The van der Waals surface area contributed by atoms with Crippen LogP contribution in [0.3, 0.4) is 0 Å². The number of nitrogens with one attached hydrogen (secondary N) is 1. The number of carbonyl (C=O) groups is 1. The molecule has 25 heavy (non-hydrogen) atoms. The van der Waals surface area contributed by atoms with Crippen LogP contribution in [0.2, 0.25) is 0 Å². The molecule has 0 bridgehead atoms. The average molecular weight is 344 g/mol. The van der Waals surface area contributed by atoms with E-state index in [1.165, 1.54) is 5.56 Å². The summed E-state index contributed by atoms with van der Waals surface area (Å²) in [5.74, 6) is 1.01. The summed E-state index contributed by atoms with van der Waals surface area (Å²) in [6, 6.07) is 9.82. The standard InChI is InChI=1S/C18H24N4O3/c1-3-16(17-19-13(2)25-21-17)20-18(23)22-9-10-24-15(12-22)11-14-7-5-4-6-8-14/h4-8,15-16H,3,9-12H2,1-2H3,(H,20,23)/t15-,16-/m1/s1. The fourth-order valence-electron chi connectivity index (χ4n) is 2.95. The second-order valence-corrected chi connectivity index (χ2v) is 6.21. The molecule has 1 N–H and O–H groups in total. The number of aromatic nitrogens is 2. The average Bonchev–Trinajstić information content (AvgIpc) is 3.07. The van der Waals surface area contributed by atoms with Gasteiger partial charge in [-0.25, -0.2) is 4.79 Å². The summed E-state index contributed by atoms with van der Waals surface area (Å²) in [5, 5.41) is 6.91. The van der Waals surface area contributed by atoms with E-state index >= 15 is 0 Å². The van der Waals surface area contributed by atoms with Crippen LogP contribution < -0.4 is 5.32 Å². The maximum absolute atomic E-state index is 12.6. The largest absolute Gasteiger partial charge is 0.374 e. The van der Waals surface area contributed by atoms with Gasteiger partial charge in [-0.1, -0.05) is 42.4 Å². The number of nitrogens with zero attached hydrogens (tertiary/aromatic N) is 3. The molecule has 7 nitrogen and oxygen atoms in total. The number of amides is 2. The zero-order valence-corrected chi connectivity index (χ0v) is 14.6. The molecule has 3 rings (SSSR count). The van der Waals surface area contributed by atoms with Gasteiger partial charge < -0.3 is 19.5 Å². The molecule has 1 fully saturated rings. The molecule has 1 aromatic carbocycles. The minimum absolute atomic E-state index is 0.00870. The van der Waals surface area contributed by atoms with Gasteiger partial charge in [-0.2, -0.15) is 4.98 Å². The van der Waals surface area contributed by atoms with Gasteiger partial charge in [0.25, 0.3) is 0 Å². The molecule has 0 saturated carbocycles. The van der Waals surface area contributed by atoms with Crippen LogP contribution in [-0.4, -0.2) is 46.9 Å². The van der Waals surface area contributed by atoms with E-state index in [0.29, 0.717) is 37.8 Å². The van der Waals surface area contributed by atoms with Gasteiger partial charge >= 0.3 is 6.03 Å². The van der Waals surface area contributed by atoms with Gasteiger partial charge in [-0.15, -0.1) is 0 Å². The Hall–Kier alpha value is -2.41. The SMILES string of the molecule is CC[C@@H](NC(=O)N1CCO[C@H](Cc2ccccc2)C1)c1noc(C)n1. The van der Waals surface area contributed by atoms with Crippen molar-refractivity contribution in [2.45, 2.75) is 38.8 Å². The number of urea groups is 1. The van der Waals surface area contributed by atoms with Crippen LogP contribution in [0.5, 0.6) is 0 Å². The first-order chi connectivity index (χ1) is 12.2. The molecule has 2 amide bonds. The highest BCUT2D eigenvalue weighted by Gasteiger charge is 2.27. The molecule has 1 aliphatic heterocycles. The minimum Gasteiger partial charge on any atom is -0.374 e. The van der Waals surface area contributed by atoms with Crippen molar-refractivity contribution in [3.8, 4) is 0 Å². The van der Waals surface area contributed by atoms with Crippen LogP contribution in [-0.2, 0) is 11.2 Å². The van der Waals surface area contributed by atoms with Gasteiger partial charge in [0.1, 0.15) is 0 Å². The lowest BCUT2D eigenvalue weighted by molar-refractivity contribution is -0.0137. The summed E-state index contributed by atoms with van der Waals surface area (Å²) in [6.07, 6.45) is 1.50. The number of ether oxygens (including phenoxy) is 1. The molecule has 2 atom stereocenters. The number of rotatable bonds is 5. The number of aryl methyl sites for hydroxylation is 1. The third-order valence-electron chi connectivity index (χ3n) is 4.29. The first-order valence-electron chi connectivity index (χ1n) is 8.67. The smallest absolute Gasteiger partial charge is 0.318 e. The predicted molar refractivity (Wildman–Crippen MR) is 92.1 cm³/mol. The summed E-state index contributed by atoms with van der Waals surface area (Å²) in [7, 11) is 0. The lowest BCUT2D eigenvalue weighted by Crippen LogP contribution is -2.50. The summed E-state index contributed by atoms with van der Waals surface area (Å²) in [5.41, 5.74) is 1.21. The Morgan fingerprint density at radius 1 is 1.40 bits per heavy atom. The third-order valence-corrected chi connectivity index (χ3v) is 4.29. The zero-order chi connectivity index (χ0) is 17.6. The topological polar surface area (TPSA) is 80.5 Å². The molecule has 0 aliphatic carbocycles. The molecule has 134 valence electrons. The van der Waals surface area contributed by atoms with Crippen molar-refractivity contribution in [2.75, 3.05) is 19.7 Å². The highest BCUT2D eigenvalue weighted by atomic mass is 16.5. The molecule has 0 unspecified atom stereocenters. The first-order valence-corrected chi connectivity index (χ1v) is 8.67. The maximum Gasteiger partial charge on any atom is 0.318 e. The highest BCUT2D eigenvalue weighted by Crippen LogP contribution is 2.16. The van der Waals surface area contributed by atoms with Crippen molar-refractivity contribution in [1.82, 2.24) is 20.4 Å². The van der Waals surface area contributed by atoms with E-state index in [4.69, 9.17) is 9.26 Å². The molecule has 2 heterocycles. The van der Waals surface area contributed by atoms with Crippen LogP contribution in [0.1, 0.15) is 36.7 Å². The Labute approximate surface area is 147 Å². The van der Waals surface area contributed by atoms with Crippen molar-refractivity contribution in [2.24, 2.45) is 0 Å². The van der Waals surface area contributed by atoms with E-state index in [2.05, 4.69) is 27.6 Å². The lowest BCUT2D eigenvalue weighted by atomic mass is 10.1. The van der Waals surface area contributed by atoms with Crippen molar-refractivity contribution in [3.05, 3.63) is 47.6 Å². The Bertz CT molecular complexity index is 689. The summed E-state index contributed by atoms with van der Waals surface area (Å²) >= 11 is 0. The molecule has 2 aromatic rings. The molecule has 0 spiro atoms. The van der Waals surface area contributed by atoms with Gasteiger partial charge in [0.15, 0.2) is 5.82 Å². The first kappa shape index (κ1) is 17.4. The summed E-state index contributed by atoms with van der Waals surface area (Å²) < 4.78 is 10.8. The van der Waals surface area contributed by atoms with E-state index < -0.39 is 0 Å². The van der Waals surface area contributed by atoms with Crippen LogP contribution >= 0.6 is 0 Å². The van der Waals surface area contributed by atoms with E-state index in [1.54, 1.807) is 11.8 Å². The van der Waals surface area contributed by atoms with Crippen molar-refractivity contribution in [1.29, 1.82) is 0 Å². The molecule has 1 aromatic heterocycles. The molecule has 1 aliphatic rings. The fraction of sp³-hybridized carbons (Fsp3) is 0.500. The number of hydrogen-bond acceptors (Lipinski definition) is 5. The lowest BCUT2D eigenvalue weighted by Gasteiger charge is -2.33. The quantitative estimate of drug-likeness (QED) is 0.901. The van der Waals surface area contributed by atoms with E-state index in [-0.39, 0.29) is 18.2 Å². The van der Waals surface area contributed by atoms with Crippen LogP contribution in [0.4, 0.5) is 4.79 Å².